The lowest BCUT2D eigenvalue weighted by Gasteiger charge is -2.33. The third-order valence-corrected chi connectivity index (χ3v) is 4.35. The van der Waals surface area contributed by atoms with Crippen LogP contribution in [-0.4, -0.2) is 59.6 Å². The lowest BCUT2D eigenvalue weighted by Crippen LogP contribution is -2.43. The minimum Gasteiger partial charge on any atom is -0.481 e. The number of aliphatic carboxylic acids is 1. The second-order valence-corrected chi connectivity index (χ2v) is 6.46. The summed E-state index contributed by atoms with van der Waals surface area (Å²) in [7, 11) is 0. The van der Waals surface area contributed by atoms with Crippen molar-refractivity contribution in [1.29, 1.82) is 0 Å². The van der Waals surface area contributed by atoms with Crippen LogP contribution < -0.4 is 0 Å². The molecule has 1 atom stereocenters. The number of likely N-dealkylation sites (tertiary alicyclic amines) is 2. The Morgan fingerprint density at radius 2 is 1.89 bits per heavy atom. The van der Waals surface area contributed by atoms with Gasteiger partial charge in [0, 0.05) is 19.1 Å². The Balaban J connectivity index is 1.82. The quantitative estimate of drug-likeness (QED) is 0.828. The van der Waals surface area contributed by atoms with Crippen molar-refractivity contribution in [3.63, 3.8) is 0 Å². The van der Waals surface area contributed by atoms with E-state index in [1.165, 1.54) is 38.8 Å². The van der Waals surface area contributed by atoms with Gasteiger partial charge in [0.25, 0.3) is 0 Å². The Labute approximate surface area is 110 Å². The Kier molecular flexibility index (Phi) is 4.28. The van der Waals surface area contributed by atoms with E-state index in [-0.39, 0.29) is 0 Å². The first-order valence-electron chi connectivity index (χ1n) is 7.19. The van der Waals surface area contributed by atoms with Gasteiger partial charge in [-0.15, -0.1) is 0 Å². The zero-order valence-electron chi connectivity index (χ0n) is 11.7. The minimum absolute atomic E-state index is 0.628. The van der Waals surface area contributed by atoms with Crippen molar-refractivity contribution in [2.45, 2.75) is 45.6 Å². The molecule has 0 aromatic heterocycles. The van der Waals surface area contributed by atoms with E-state index >= 15 is 0 Å². The summed E-state index contributed by atoms with van der Waals surface area (Å²) in [6, 6.07) is 0.662. The second kappa shape index (κ2) is 5.57. The molecule has 0 bridgehead atoms. The van der Waals surface area contributed by atoms with Crippen LogP contribution in [0.5, 0.6) is 0 Å². The fourth-order valence-corrected chi connectivity index (χ4v) is 3.16. The van der Waals surface area contributed by atoms with Gasteiger partial charge in [-0.1, -0.05) is 6.42 Å². The number of carbonyl (C=O) groups is 1. The zero-order valence-corrected chi connectivity index (χ0v) is 11.7. The number of rotatable bonds is 4. The van der Waals surface area contributed by atoms with Gasteiger partial charge in [0.05, 0.1) is 5.41 Å². The number of carboxylic acid groups (broad SMARTS) is 1. The number of hydrogen-bond acceptors (Lipinski definition) is 3. The third-order valence-electron chi connectivity index (χ3n) is 4.35. The van der Waals surface area contributed by atoms with Gasteiger partial charge in [-0.2, -0.15) is 0 Å². The van der Waals surface area contributed by atoms with Crippen molar-refractivity contribution in [3.8, 4) is 0 Å². The topological polar surface area (TPSA) is 43.8 Å². The smallest absolute Gasteiger partial charge is 0.310 e. The molecule has 2 aliphatic heterocycles. The zero-order chi connectivity index (χ0) is 13.2. The molecule has 104 valence electrons. The first-order chi connectivity index (χ1) is 8.49. The molecule has 0 aromatic carbocycles. The number of piperidine rings is 1. The molecule has 18 heavy (non-hydrogen) atoms. The van der Waals surface area contributed by atoms with E-state index < -0.39 is 11.4 Å². The van der Waals surface area contributed by atoms with Crippen LogP contribution in [0.1, 0.15) is 39.5 Å². The highest BCUT2D eigenvalue weighted by Crippen LogP contribution is 2.24. The van der Waals surface area contributed by atoms with Crippen molar-refractivity contribution in [2.24, 2.45) is 5.41 Å². The van der Waals surface area contributed by atoms with Crippen molar-refractivity contribution >= 4 is 5.97 Å². The van der Waals surface area contributed by atoms with Crippen LogP contribution in [0.2, 0.25) is 0 Å². The average molecular weight is 254 g/mol. The lowest BCUT2D eigenvalue weighted by atomic mass is 9.93. The number of carboxylic acids is 1. The second-order valence-electron chi connectivity index (χ2n) is 6.46. The highest BCUT2D eigenvalue weighted by Gasteiger charge is 2.34. The Hall–Kier alpha value is -0.610. The molecule has 0 spiro atoms. The molecular weight excluding hydrogens is 228 g/mol. The molecule has 1 unspecified atom stereocenters. The van der Waals surface area contributed by atoms with Gasteiger partial charge in [0.1, 0.15) is 0 Å². The summed E-state index contributed by atoms with van der Waals surface area (Å²) in [5, 5.41) is 9.18. The highest BCUT2D eigenvalue weighted by atomic mass is 16.4. The molecule has 0 aromatic rings. The van der Waals surface area contributed by atoms with E-state index in [0.29, 0.717) is 12.6 Å². The maximum Gasteiger partial charge on any atom is 0.310 e. The van der Waals surface area contributed by atoms with Gasteiger partial charge >= 0.3 is 5.97 Å². The fraction of sp³-hybridized carbons (Fsp3) is 0.929. The van der Waals surface area contributed by atoms with Crippen LogP contribution in [0.3, 0.4) is 0 Å². The summed E-state index contributed by atoms with van der Waals surface area (Å²) in [5.74, 6) is -0.691. The Morgan fingerprint density at radius 3 is 2.50 bits per heavy atom. The Bertz CT molecular complexity index is 298. The van der Waals surface area contributed by atoms with E-state index in [2.05, 4.69) is 9.80 Å². The summed E-state index contributed by atoms with van der Waals surface area (Å²) in [6.45, 7) is 8.90. The summed E-state index contributed by atoms with van der Waals surface area (Å²) in [4.78, 5) is 16.1. The molecule has 0 amide bonds. The molecule has 2 rings (SSSR count). The van der Waals surface area contributed by atoms with E-state index in [9.17, 15) is 9.90 Å². The van der Waals surface area contributed by atoms with Gasteiger partial charge in [-0.3, -0.25) is 9.69 Å². The molecule has 0 aliphatic carbocycles. The van der Waals surface area contributed by atoms with Crippen LogP contribution in [0, 0.1) is 5.41 Å². The van der Waals surface area contributed by atoms with Crippen LogP contribution in [0.4, 0.5) is 0 Å². The molecule has 2 saturated heterocycles. The predicted octanol–water partition coefficient (Wildman–Crippen LogP) is 1.66. The standard InChI is InChI=1S/C14H26N2O2/c1-14(2,13(17)18)11-15-9-6-12(10-15)16-7-4-3-5-8-16/h12H,3-11H2,1-2H3,(H,17,18). The van der Waals surface area contributed by atoms with E-state index in [0.717, 1.165) is 13.1 Å². The highest BCUT2D eigenvalue weighted by molar-refractivity contribution is 5.73. The van der Waals surface area contributed by atoms with Crippen LogP contribution in [-0.2, 0) is 4.79 Å². The molecule has 2 fully saturated rings. The van der Waals surface area contributed by atoms with E-state index in [4.69, 9.17) is 0 Å². The molecule has 2 heterocycles. The first-order valence-corrected chi connectivity index (χ1v) is 7.19. The van der Waals surface area contributed by atoms with Gasteiger partial charge in [-0.25, -0.2) is 0 Å². The fourth-order valence-electron chi connectivity index (χ4n) is 3.16. The maximum atomic E-state index is 11.2. The minimum atomic E-state index is -0.691. The number of hydrogen-bond donors (Lipinski definition) is 1. The van der Waals surface area contributed by atoms with Crippen LogP contribution in [0.25, 0.3) is 0 Å². The van der Waals surface area contributed by atoms with Crippen molar-refractivity contribution in [1.82, 2.24) is 9.80 Å². The van der Waals surface area contributed by atoms with Gasteiger partial charge < -0.3 is 10.0 Å². The molecule has 2 aliphatic rings. The summed E-state index contributed by atoms with van der Waals surface area (Å²) in [6.07, 6.45) is 5.24. The molecule has 0 radical (unpaired) electrons. The molecule has 0 saturated carbocycles. The maximum absolute atomic E-state index is 11.2. The molecule has 4 nitrogen and oxygen atoms in total. The van der Waals surface area contributed by atoms with Crippen LogP contribution >= 0.6 is 0 Å². The van der Waals surface area contributed by atoms with Gasteiger partial charge in [0.2, 0.25) is 0 Å². The molecule has 1 N–H and O–H groups in total. The lowest BCUT2D eigenvalue weighted by molar-refractivity contribution is -0.147. The largest absolute Gasteiger partial charge is 0.481 e. The summed E-state index contributed by atoms with van der Waals surface area (Å²) in [5.41, 5.74) is -0.628. The van der Waals surface area contributed by atoms with E-state index in [1.54, 1.807) is 0 Å². The van der Waals surface area contributed by atoms with Crippen molar-refractivity contribution < 1.29 is 9.90 Å². The van der Waals surface area contributed by atoms with Crippen molar-refractivity contribution in [2.75, 3.05) is 32.7 Å². The molecular formula is C14H26N2O2. The monoisotopic (exact) mass is 254 g/mol. The number of nitrogens with zero attached hydrogens (tertiary/aromatic N) is 2. The normalized spacial score (nSPS) is 27.6. The predicted molar refractivity (Wildman–Crippen MR) is 71.7 cm³/mol. The van der Waals surface area contributed by atoms with Gasteiger partial charge in [0.15, 0.2) is 0 Å². The van der Waals surface area contributed by atoms with Crippen LogP contribution in [0.15, 0.2) is 0 Å². The Morgan fingerprint density at radius 1 is 1.22 bits per heavy atom. The first kappa shape index (κ1) is 13.8. The molecule has 4 heteroatoms. The van der Waals surface area contributed by atoms with E-state index in [1.807, 2.05) is 13.8 Å². The van der Waals surface area contributed by atoms with Crippen molar-refractivity contribution in [3.05, 3.63) is 0 Å². The SMILES string of the molecule is CC(C)(CN1CCC(N2CCCCC2)C1)C(=O)O. The average Bonchev–Trinajstić information content (AvgIpc) is 2.78. The summed E-state index contributed by atoms with van der Waals surface area (Å²) < 4.78 is 0. The summed E-state index contributed by atoms with van der Waals surface area (Å²) >= 11 is 0. The third kappa shape index (κ3) is 3.23. The van der Waals surface area contributed by atoms with Gasteiger partial charge in [-0.05, 0) is 52.7 Å².